The van der Waals surface area contributed by atoms with E-state index in [1.807, 2.05) is 12.1 Å². The number of halogens is 1. The van der Waals surface area contributed by atoms with Gasteiger partial charge in [-0.1, -0.05) is 0 Å². The van der Waals surface area contributed by atoms with Crippen molar-refractivity contribution in [1.82, 2.24) is 19.9 Å². The first-order chi connectivity index (χ1) is 10.2. The maximum Gasteiger partial charge on any atom is 0.231 e. The summed E-state index contributed by atoms with van der Waals surface area (Å²) in [4.78, 5) is 19.4. The molecular formula is C13H15BrN6S. The molecule has 21 heavy (non-hydrogen) atoms. The highest BCUT2D eigenvalue weighted by molar-refractivity contribution is 9.10. The van der Waals surface area contributed by atoms with E-state index in [1.54, 1.807) is 6.20 Å². The third-order valence-corrected chi connectivity index (χ3v) is 4.44. The molecule has 2 aromatic heterocycles. The summed E-state index contributed by atoms with van der Waals surface area (Å²) in [5, 5.41) is 1.41. The quantitative estimate of drug-likeness (QED) is 0.893. The van der Waals surface area contributed by atoms with Crippen LogP contribution in [-0.2, 0) is 0 Å². The lowest BCUT2D eigenvalue weighted by Crippen LogP contribution is -2.31. The topological polar surface area (TPSA) is 80.8 Å². The number of nitrogen functional groups attached to an aromatic ring is 1. The Hall–Kier alpha value is -1.41. The van der Waals surface area contributed by atoms with Crippen LogP contribution < -0.4 is 10.6 Å². The summed E-state index contributed by atoms with van der Waals surface area (Å²) in [5.41, 5.74) is 5.81. The van der Waals surface area contributed by atoms with Crippen LogP contribution in [0.15, 0.2) is 33.0 Å². The van der Waals surface area contributed by atoms with E-state index < -0.39 is 0 Å². The fourth-order valence-electron chi connectivity index (χ4n) is 2.16. The van der Waals surface area contributed by atoms with Gasteiger partial charge in [-0.25, -0.2) is 4.98 Å². The first-order valence-electron chi connectivity index (χ1n) is 6.76. The summed E-state index contributed by atoms with van der Waals surface area (Å²) in [5.74, 6) is 0.923. The van der Waals surface area contributed by atoms with Crippen LogP contribution in [0.1, 0.15) is 19.3 Å². The van der Waals surface area contributed by atoms with Crippen molar-refractivity contribution in [2.24, 2.45) is 0 Å². The highest BCUT2D eigenvalue weighted by Crippen LogP contribution is 2.26. The number of pyridine rings is 1. The molecule has 0 spiro atoms. The van der Waals surface area contributed by atoms with Crippen LogP contribution >= 0.6 is 27.7 Å². The number of hydrogen-bond acceptors (Lipinski definition) is 7. The lowest BCUT2D eigenvalue weighted by atomic mass is 10.1. The molecule has 0 bridgehead atoms. The van der Waals surface area contributed by atoms with Gasteiger partial charge >= 0.3 is 0 Å². The van der Waals surface area contributed by atoms with Gasteiger partial charge in [0.05, 0.1) is 0 Å². The summed E-state index contributed by atoms with van der Waals surface area (Å²) >= 11 is 4.75. The van der Waals surface area contributed by atoms with E-state index in [2.05, 4.69) is 40.8 Å². The second-order valence-corrected chi connectivity index (χ2v) is 6.64. The average Bonchev–Trinajstić information content (AvgIpc) is 2.50. The second kappa shape index (κ2) is 6.57. The van der Waals surface area contributed by atoms with Crippen molar-refractivity contribution in [3.63, 3.8) is 0 Å². The zero-order valence-electron chi connectivity index (χ0n) is 11.4. The predicted molar refractivity (Wildman–Crippen MR) is 86.4 cm³/mol. The molecule has 8 heteroatoms. The number of hydrogen-bond donors (Lipinski definition) is 1. The molecule has 1 saturated heterocycles. The monoisotopic (exact) mass is 366 g/mol. The first kappa shape index (κ1) is 14.5. The third kappa shape index (κ3) is 3.82. The number of anilines is 2. The average molecular weight is 367 g/mol. The highest BCUT2D eigenvalue weighted by atomic mass is 79.9. The van der Waals surface area contributed by atoms with Crippen molar-refractivity contribution in [1.29, 1.82) is 0 Å². The maximum atomic E-state index is 5.81. The van der Waals surface area contributed by atoms with Gasteiger partial charge < -0.3 is 10.6 Å². The van der Waals surface area contributed by atoms with Gasteiger partial charge in [0.25, 0.3) is 0 Å². The number of rotatable bonds is 3. The van der Waals surface area contributed by atoms with Gasteiger partial charge in [0.1, 0.15) is 5.03 Å². The van der Waals surface area contributed by atoms with Gasteiger partial charge in [0.2, 0.25) is 17.1 Å². The number of nitrogens with two attached hydrogens (primary N) is 1. The molecule has 6 nitrogen and oxygen atoms in total. The molecule has 3 rings (SSSR count). The molecule has 2 N–H and O–H groups in total. The zero-order valence-corrected chi connectivity index (χ0v) is 13.8. The molecular weight excluding hydrogens is 352 g/mol. The third-order valence-electron chi connectivity index (χ3n) is 3.16. The van der Waals surface area contributed by atoms with Crippen molar-refractivity contribution in [3.8, 4) is 0 Å². The van der Waals surface area contributed by atoms with Crippen LogP contribution in [0.5, 0.6) is 0 Å². The lowest BCUT2D eigenvalue weighted by molar-refractivity contribution is 0.565. The minimum absolute atomic E-state index is 0.255. The Balaban J connectivity index is 1.81. The van der Waals surface area contributed by atoms with E-state index in [-0.39, 0.29) is 5.95 Å². The molecule has 2 aromatic rings. The number of nitrogens with zero attached hydrogens (tertiary/aromatic N) is 5. The standard InChI is InChI=1S/C13H15BrN6S/c14-9-4-5-10(16-8-9)21-13-18-11(15)17-12(19-13)20-6-2-1-3-7-20/h4-5,8H,1-3,6-7H2,(H2,15,17,18,19). The van der Waals surface area contributed by atoms with Crippen molar-refractivity contribution in [2.75, 3.05) is 23.7 Å². The fraction of sp³-hybridized carbons (Fsp3) is 0.385. The zero-order chi connectivity index (χ0) is 14.7. The van der Waals surface area contributed by atoms with E-state index in [4.69, 9.17) is 5.73 Å². The second-order valence-electron chi connectivity index (χ2n) is 4.74. The Morgan fingerprint density at radius 2 is 1.90 bits per heavy atom. The minimum atomic E-state index is 0.255. The largest absolute Gasteiger partial charge is 0.368 e. The van der Waals surface area contributed by atoms with Crippen molar-refractivity contribution >= 4 is 39.6 Å². The lowest BCUT2D eigenvalue weighted by Gasteiger charge is -2.26. The first-order valence-corrected chi connectivity index (χ1v) is 8.37. The van der Waals surface area contributed by atoms with Crippen LogP contribution in [0, 0.1) is 0 Å². The smallest absolute Gasteiger partial charge is 0.231 e. The van der Waals surface area contributed by atoms with Gasteiger partial charge in [-0.3, -0.25) is 0 Å². The van der Waals surface area contributed by atoms with Crippen molar-refractivity contribution < 1.29 is 0 Å². The summed E-state index contributed by atoms with van der Waals surface area (Å²) in [6, 6.07) is 3.85. The fourth-order valence-corrected chi connectivity index (χ4v) is 3.09. The van der Waals surface area contributed by atoms with E-state index in [1.165, 1.54) is 31.0 Å². The Kier molecular flexibility index (Phi) is 4.54. The Morgan fingerprint density at radius 1 is 1.10 bits per heavy atom. The van der Waals surface area contributed by atoms with E-state index in [0.29, 0.717) is 11.1 Å². The van der Waals surface area contributed by atoms with Crippen LogP contribution in [0.3, 0.4) is 0 Å². The molecule has 0 aliphatic carbocycles. The molecule has 0 atom stereocenters. The van der Waals surface area contributed by atoms with Crippen molar-refractivity contribution in [2.45, 2.75) is 29.4 Å². The van der Waals surface area contributed by atoms with Crippen LogP contribution in [0.2, 0.25) is 0 Å². The Morgan fingerprint density at radius 3 is 2.62 bits per heavy atom. The Bertz CT molecular complexity index is 615. The van der Waals surface area contributed by atoms with Gasteiger partial charge in [-0.05, 0) is 59.1 Å². The van der Waals surface area contributed by atoms with Crippen LogP contribution in [0.25, 0.3) is 0 Å². The van der Waals surface area contributed by atoms with E-state index >= 15 is 0 Å². The molecule has 0 aromatic carbocycles. The van der Waals surface area contributed by atoms with Gasteiger partial charge in [-0.2, -0.15) is 15.0 Å². The minimum Gasteiger partial charge on any atom is -0.368 e. The SMILES string of the molecule is Nc1nc(Sc2ccc(Br)cn2)nc(N2CCCCC2)n1. The highest BCUT2D eigenvalue weighted by Gasteiger charge is 2.16. The summed E-state index contributed by atoms with van der Waals surface area (Å²) in [6.07, 6.45) is 5.35. The summed E-state index contributed by atoms with van der Waals surface area (Å²) in [6.45, 7) is 1.95. The molecule has 1 aliphatic heterocycles. The molecule has 0 amide bonds. The molecule has 0 saturated carbocycles. The van der Waals surface area contributed by atoms with Crippen LogP contribution in [-0.4, -0.2) is 33.0 Å². The summed E-state index contributed by atoms with van der Waals surface area (Å²) in [7, 11) is 0. The molecule has 1 aliphatic rings. The molecule has 0 radical (unpaired) electrons. The maximum absolute atomic E-state index is 5.81. The predicted octanol–water partition coefficient (Wildman–Crippen LogP) is 2.75. The molecule has 1 fully saturated rings. The van der Waals surface area contributed by atoms with Crippen LogP contribution in [0.4, 0.5) is 11.9 Å². The van der Waals surface area contributed by atoms with E-state index in [0.717, 1.165) is 22.6 Å². The molecule has 3 heterocycles. The number of piperidine rings is 1. The van der Waals surface area contributed by atoms with Crippen molar-refractivity contribution in [3.05, 3.63) is 22.8 Å². The van der Waals surface area contributed by atoms with E-state index in [9.17, 15) is 0 Å². The summed E-state index contributed by atoms with van der Waals surface area (Å²) < 4.78 is 0.941. The normalized spacial score (nSPS) is 15.2. The molecule has 110 valence electrons. The Labute approximate surface area is 135 Å². The van der Waals surface area contributed by atoms with Gasteiger partial charge in [0.15, 0.2) is 0 Å². The molecule has 0 unspecified atom stereocenters. The van der Waals surface area contributed by atoms with Gasteiger partial charge in [0, 0.05) is 23.8 Å². The van der Waals surface area contributed by atoms with Gasteiger partial charge in [-0.15, -0.1) is 0 Å². The number of aromatic nitrogens is 4.